The van der Waals surface area contributed by atoms with Crippen LogP contribution in [-0.2, 0) is 0 Å². The lowest BCUT2D eigenvalue weighted by Crippen LogP contribution is -1.95. The SMILES string of the molecule is c1ccc2c(-c3ccc4c(c3)c3ccccc3c3nnc(-c5ccc(-c6cccc7c6oc6ccccc67)cc5)n43)cccc2c1. The van der Waals surface area contributed by atoms with Crippen molar-refractivity contribution in [2.24, 2.45) is 0 Å². The van der Waals surface area contributed by atoms with E-state index in [1.54, 1.807) is 0 Å². The minimum absolute atomic E-state index is 0.817. The number of fused-ring (bicyclic) bond motifs is 10. The van der Waals surface area contributed by atoms with Crippen molar-refractivity contribution in [1.29, 1.82) is 0 Å². The summed E-state index contributed by atoms with van der Waals surface area (Å²) in [5.41, 5.74) is 9.32. The average Bonchev–Trinajstić information content (AvgIpc) is 3.74. The summed E-state index contributed by atoms with van der Waals surface area (Å²) in [6.45, 7) is 0. The molecule has 0 bridgehead atoms. The van der Waals surface area contributed by atoms with Gasteiger partial charge in [-0.15, -0.1) is 10.2 Å². The lowest BCUT2D eigenvalue weighted by atomic mass is 9.95. The van der Waals surface area contributed by atoms with E-state index in [1.165, 1.54) is 32.7 Å². The van der Waals surface area contributed by atoms with Gasteiger partial charge in [-0.2, -0.15) is 0 Å². The first-order chi connectivity index (χ1) is 22.8. The van der Waals surface area contributed by atoms with Gasteiger partial charge in [0, 0.05) is 32.7 Å². The second-order valence-corrected chi connectivity index (χ2v) is 11.8. The van der Waals surface area contributed by atoms with E-state index in [-0.39, 0.29) is 0 Å². The van der Waals surface area contributed by atoms with E-state index < -0.39 is 0 Å². The van der Waals surface area contributed by atoms with Crippen molar-refractivity contribution < 1.29 is 4.42 Å². The zero-order valence-corrected chi connectivity index (χ0v) is 24.7. The van der Waals surface area contributed by atoms with E-state index in [2.05, 4.69) is 144 Å². The third-order valence-corrected chi connectivity index (χ3v) is 9.32. The lowest BCUT2D eigenvalue weighted by Gasteiger charge is -2.13. The number of para-hydroxylation sites is 2. The van der Waals surface area contributed by atoms with Crippen LogP contribution in [0.2, 0.25) is 0 Å². The average molecular weight is 588 g/mol. The third-order valence-electron chi connectivity index (χ3n) is 9.32. The molecule has 3 aromatic heterocycles. The maximum atomic E-state index is 6.33. The second kappa shape index (κ2) is 9.62. The zero-order chi connectivity index (χ0) is 30.2. The maximum absolute atomic E-state index is 6.33. The topological polar surface area (TPSA) is 43.3 Å². The summed E-state index contributed by atoms with van der Waals surface area (Å²) in [6, 6.07) is 53.5. The monoisotopic (exact) mass is 587 g/mol. The number of benzene rings is 7. The van der Waals surface area contributed by atoms with Crippen molar-refractivity contribution in [3.63, 3.8) is 0 Å². The quantitative estimate of drug-likeness (QED) is 0.193. The summed E-state index contributed by atoms with van der Waals surface area (Å²) < 4.78 is 8.53. The van der Waals surface area contributed by atoms with Crippen LogP contribution in [0, 0.1) is 0 Å². The van der Waals surface area contributed by atoms with Gasteiger partial charge in [0.2, 0.25) is 0 Å². The highest BCUT2D eigenvalue weighted by Gasteiger charge is 2.18. The lowest BCUT2D eigenvalue weighted by molar-refractivity contribution is 0.670. The molecular weight excluding hydrogens is 562 g/mol. The molecule has 4 heteroatoms. The molecule has 0 spiro atoms. The van der Waals surface area contributed by atoms with E-state index in [1.807, 2.05) is 12.1 Å². The van der Waals surface area contributed by atoms with Crippen LogP contribution in [0.4, 0.5) is 0 Å². The number of pyridine rings is 1. The first-order valence-electron chi connectivity index (χ1n) is 15.5. The molecule has 46 heavy (non-hydrogen) atoms. The molecule has 0 aliphatic heterocycles. The number of furan rings is 1. The second-order valence-electron chi connectivity index (χ2n) is 11.8. The molecule has 10 aromatic rings. The van der Waals surface area contributed by atoms with E-state index in [9.17, 15) is 0 Å². The Kier molecular flexibility index (Phi) is 5.25. The summed E-state index contributed by atoms with van der Waals surface area (Å²) in [4.78, 5) is 0. The Balaban J connectivity index is 1.16. The molecule has 4 nitrogen and oxygen atoms in total. The highest BCUT2D eigenvalue weighted by molar-refractivity contribution is 6.14. The molecule has 0 atom stereocenters. The number of nitrogens with zero attached hydrogens (tertiary/aromatic N) is 3. The molecule has 0 unspecified atom stereocenters. The van der Waals surface area contributed by atoms with Crippen molar-refractivity contribution in [1.82, 2.24) is 14.6 Å². The molecule has 214 valence electrons. The van der Waals surface area contributed by atoms with E-state index in [0.29, 0.717) is 0 Å². The van der Waals surface area contributed by atoms with Crippen LogP contribution in [0.15, 0.2) is 156 Å². The molecule has 0 fully saturated rings. The molecule has 0 saturated carbocycles. The number of hydrogen-bond donors (Lipinski definition) is 0. The predicted octanol–water partition coefficient (Wildman–Crippen LogP) is 11.1. The van der Waals surface area contributed by atoms with Crippen molar-refractivity contribution in [2.45, 2.75) is 0 Å². The van der Waals surface area contributed by atoms with Gasteiger partial charge in [-0.05, 0) is 51.0 Å². The van der Waals surface area contributed by atoms with Gasteiger partial charge < -0.3 is 4.42 Å². The van der Waals surface area contributed by atoms with E-state index in [4.69, 9.17) is 14.6 Å². The van der Waals surface area contributed by atoms with Crippen molar-refractivity contribution in [3.8, 4) is 33.6 Å². The van der Waals surface area contributed by atoms with Crippen molar-refractivity contribution in [2.75, 3.05) is 0 Å². The van der Waals surface area contributed by atoms with Gasteiger partial charge in [-0.1, -0.05) is 133 Å². The zero-order valence-electron chi connectivity index (χ0n) is 24.7. The molecule has 0 amide bonds. The maximum Gasteiger partial charge on any atom is 0.169 e. The minimum atomic E-state index is 0.817. The molecule has 3 heterocycles. The van der Waals surface area contributed by atoms with Gasteiger partial charge >= 0.3 is 0 Å². The highest BCUT2D eigenvalue weighted by atomic mass is 16.3. The smallest absolute Gasteiger partial charge is 0.169 e. The van der Waals surface area contributed by atoms with Crippen LogP contribution in [0.3, 0.4) is 0 Å². The minimum Gasteiger partial charge on any atom is -0.455 e. The molecule has 0 aliphatic rings. The molecule has 0 aliphatic carbocycles. The van der Waals surface area contributed by atoms with Crippen LogP contribution in [0.25, 0.3) is 93.7 Å². The normalized spacial score (nSPS) is 11.9. The first-order valence-corrected chi connectivity index (χ1v) is 15.5. The molecule has 0 radical (unpaired) electrons. The summed E-state index contributed by atoms with van der Waals surface area (Å²) in [7, 11) is 0. The highest BCUT2D eigenvalue weighted by Crippen LogP contribution is 2.38. The molecule has 0 N–H and O–H groups in total. The largest absolute Gasteiger partial charge is 0.455 e. The molecule has 0 saturated heterocycles. The Morgan fingerprint density at radius 2 is 1.09 bits per heavy atom. The standard InChI is InChI=1S/C42H25N3O/c1-2-11-30-26(9-1)10-7-15-31(30)29-23-24-38-37(25-29)33-12-3-4-14-36(33)42-44-43-41(45(38)42)28-21-19-27(20-22-28)32-16-8-17-35-34-13-5-6-18-39(34)46-40(32)35/h1-25H. The summed E-state index contributed by atoms with van der Waals surface area (Å²) in [5, 5.41) is 17.7. The fourth-order valence-corrected chi connectivity index (χ4v) is 7.15. The van der Waals surface area contributed by atoms with Crippen molar-refractivity contribution in [3.05, 3.63) is 152 Å². The fourth-order valence-electron chi connectivity index (χ4n) is 7.15. The Hall–Kier alpha value is -6.26. The first kappa shape index (κ1) is 25.1. The van der Waals surface area contributed by atoms with Crippen LogP contribution in [0.1, 0.15) is 0 Å². The fraction of sp³-hybridized carbons (Fsp3) is 0. The van der Waals surface area contributed by atoms with Crippen LogP contribution >= 0.6 is 0 Å². The third kappa shape index (κ3) is 3.61. The van der Waals surface area contributed by atoms with Crippen LogP contribution in [0.5, 0.6) is 0 Å². The van der Waals surface area contributed by atoms with E-state index in [0.717, 1.165) is 61.0 Å². The van der Waals surface area contributed by atoms with Gasteiger partial charge in [0.15, 0.2) is 11.5 Å². The Morgan fingerprint density at radius 3 is 1.98 bits per heavy atom. The predicted molar refractivity (Wildman–Crippen MR) is 189 cm³/mol. The van der Waals surface area contributed by atoms with Gasteiger partial charge in [-0.3, -0.25) is 4.40 Å². The molecular formula is C42H25N3O. The summed E-state index contributed by atoms with van der Waals surface area (Å²) in [5.74, 6) is 0.817. The Bertz CT molecular complexity index is 2800. The number of rotatable bonds is 3. The molecule has 10 rings (SSSR count). The van der Waals surface area contributed by atoms with Crippen LogP contribution < -0.4 is 0 Å². The summed E-state index contributed by atoms with van der Waals surface area (Å²) >= 11 is 0. The Labute approximate surface area is 263 Å². The molecule has 7 aromatic carbocycles. The number of hydrogen-bond acceptors (Lipinski definition) is 3. The van der Waals surface area contributed by atoms with Gasteiger partial charge in [0.1, 0.15) is 11.2 Å². The Morgan fingerprint density at radius 1 is 0.435 bits per heavy atom. The van der Waals surface area contributed by atoms with Gasteiger partial charge in [0.25, 0.3) is 0 Å². The van der Waals surface area contributed by atoms with E-state index >= 15 is 0 Å². The van der Waals surface area contributed by atoms with Crippen LogP contribution in [-0.4, -0.2) is 14.6 Å². The summed E-state index contributed by atoms with van der Waals surface area (Å²) in [6.07, 6.45) is 0. The van der Waals surface area contributed by atoms with Crippen molar-refractivity contribution >= 4 is 60.0 Å². The van der Waals surface area contributed by atoms with Gasteiger partial charge in [0.05, 0.1) is 5.52 Å². The van der Waals surface area contributed by atoms with Gasteiger partial charge in [-0.25, -0.2) is 0 Å². The number of aromatic nitrogens is 3.